The molecule has 5 nitrogen and oxygen atoms in total. The number of ether oxygens (including phenoxy) is 1. The zero-order chi connectivity index (χ0) is 18.3. The summed E-state index contributed by atoms with van der Waals surface area (Å²) in [4.78, 5) is -0.256. The van der Waals surface area contributed by atoms with Crippen molar-refractivity contribution in [1.29, 1.82) is 0 Å². The first-order valence-corrected chi connectivity index (χ1v) is 9.90. The molecule has 7 heteroatoms. The molecular weight excluding hydrogens is 363 g/mol. The Morgan fingerprint density at radius 3 is 2.27 bits per heavy atom. The Balaban J connectivity index is 0.00000338. The topological polar surface area (TPSA) is 86.7 Å². The Bertz CT molecular complexity index is 791. The minimum Gasteiger partial charge on any atom is -0.870 e. The quantitative estimate of drug-likeness (QED) is 0.399. The smallest absolute Gasteiger partial charge is 0.870 e. The molecule has 0 aliphatic heterocycles. The molecule has 2 aromatic carbocycles. The van der Waals surface area contributed by atoms with E-state index in [4.69, 9.17) is 4.74 Å². The van der Waals surface area contributed by atoms with Crippen LogP contribution in [0.2, 0.25) is 0 Å². The monoisotopic (exact) mass is 386 g/mol. The van der Waals surface area contributed by atoms with E-state index in [-0.39, 0.29) is 45.8 Å². The van der Waals surface area contributed by atoms with Gasteiger partial charge in [-0.15, -0.1) is 0 Å². The Labute approximate surface area is 177 Å². The van der Waals surface area contributed by atoms with Crippen molar-refractivity contribution in [1.82, 2.24) is 0 Å². The van der Waals surface area contributed by atoms with Crippen LogP contribution >= 0.6 is 0 Å². The maximum Gasteiger partial charge on any atom is 1.00 e. The van der Waals surface area contributed by atoms with Gasteiger partial charge in [0.15, 0.2) is 0 Å². The second-order valence-corrected chi connectivity index (χ2v) is 7.31. The van der Waals surface area contributed by atoms with E-state index in [1.165, 1.54) is 0 Å². The molecule has 26 heavy (non-hydrogen) atoms. The summed E-state index contributed by atoms with van der Waals surface area (Å²) in [5.41, 5.74) is 0.246. The van der Waals surface area contributed by atoms with Crippen molar-refractivity contribution in [2.75, 3.05) is 0 Å². The fourth-order valence-corrected chi connectivity index (χ4v) is 3.44. The zero-order valence-corrected chi connectivity index (χ0v) is 18.1. The molecule has 0 bridgehead atoms. The summed E-state index contributed by atoms with van der Waals surface area (Å²) < 4.78 is 38.6. The third kappa shape index (κ3) is 6.59. The van der Waals surface area contributed by atoms with E-state index in [0.29, 0.717) is 12.2 Å². The van der Waals surface area contributed by atoms with Gasteiger partial charge in [0.25, 0.3) is 10.1 Å². The minimum atomic E-state index is -4.43. The summed E-state index contributed by atoms with van der Waals surface area (Å²) in [5.74, 6) is 0.0101. The van der Waals surface area contributed by atoms with Gasteiger partial charge in [-0.05, 0) is 31.0 Å². The molecular formula is C19H23NaO5S. The first-order valence-electron chi connectivity index (χ1n) is 8.46. The van der Waals surface area contributed by atoms with Crippen molar-refractivity contribution >= 4 is 10.1 Å². The Morgan fingerprint density at radius 1 is 1.00 bits per heavy atom. The molecule has 0 aromatic heterocycles. The van der Waals surface area contributed by atoms with Gasteiger partial charge in [0.1, 0.15) is 16.4 Å². The van der Waals surface area contributed by atoms with Crippen molar-refractivity contribution in [3.8, 4) is 17.2 Å². The maximum atomic E-state index is 12.3. The van der Waals surface area contributed by atoms with Gasteiger partial charge in [0.2, 0.25) is 0 Å². The number of benzene rings is 2. The van der Waals surface area contributed by atoms with Crippen LogP contribution in [0.15, 0.2) is 47.4 Å². The number of hydrogen-bond acceptors (Lipinski definition) is 4. The summed E-state index contributed by atoms with van der Waals surface area (Å²) in [6, 6.07) is 11.0. The van der Waals surface area contributed by atoms with Crippen molar-refractivity contribution in [3.63, 3.8) is 0 Å². The Morgan fingerprint density at radius 2 is 1.65 bits per heavy atom. The van der Waals surface area contributed by atoms with Crippen molar-refractivity contribution in [3.05, 3.63) is 48.0 Å². The standard InChI is InChI=1S/C19H24O5S.Na/c1-2-3-4-5-9-12-16-18(25(21,22)23)14-13-17(20)19(16)24-15-10-7-6-8-11-15;/h6-8,10-11,13-14,20H,2-5,9,12H2,1H3,(H,21,22,23);/q;+1/p-1. The van der Waals surface area contributed by atoms with E-state index in [2.05, 4.69) is 6.92 Å². The summed E-state index contributed by atoms with van der Waals surface area (Å²) in [5, 5.41) is 12.3. The van der Waals surface area contributed by atoms with E-state index in [9.17, 15) is 18.1 Å². The van der Waals surface area contributed by atoms with Crippen LogP contribution in [0.4, 0.5) is 0 Å². The van der Waals surface area contributed by atoms with Crippen LogP contribution < -0.4 is 39.4 Å². The van der Waals surface area contributed by atoms with Crippen LogP contribution in [0, 0.1) is 0 Å². The molecule has 0 fully saturated rings. The number of unbranched alkanes of at least 4 members (excludes halogenated alkanes) is 4. The van der Waals surface area contributed by atoms with Gasteiger partial charge >= 0.3 is 29.6 Å². The molecule has 2 rings (SSSR count). The van der Waals surface area contributed by atoms with Crippen LogP contribution in [0.1, 0.15) is 44.6 Å². The average Bonchev–Trinajstić information content (AvgIpc) is 2.57. The van der Waals surface area contributed by atoms with Crippen LogP contribution in [0.5, 0.6) is 17.2 Å². The van der Waals surface area contributed by atoms with Gasteiger partial charge in [0.05, 0.1) is 0 Å². The normalized spacial score (nSPS) is 11.0. The molecule has 0 unspecified atom stereocenters. The molecule has 0 spiro atoms. The third-order valence-electron chi connectivity index (χ3n) is 3.95. The molecule has 0 amide bonds. The molecule has 2 aromatic rings. The Kier molecular flexibility index (Phi) is 9.68. The number of rotatable bonds is 9. The molecule has 1 N–H and O–H groups in total. The zero-order valence-electron chi connectivity index (χ0n) is 15.3. The summed E-state index contributed by atoms with van der Waals surface area (Å²) in [6.07, 6.45) is 5.26. The van der Waals surface area contributed by atoms with Gasteiger partial charge in [-0.2, -0.15) is 8.42 Å². The van der Waals surface area contributed by atoms with Crippen LogP contribution in [0.25, 0.3) is 0 Å². The second-order valence-electron chi connectivity index (χ2n) is 5.92. The Hall–Kier alpha value is -1.05. The molecule has 0 radical (unpaired) electrons. The molecule has 0 aliphatic rings. The summed E-state index contributed by atoms with van der Waals surface area (Å²) in [6.45, 7) is 2.11. The van der Waals surface area contributed by atoms with E-state index in [1.54, 1.807) is 24.3 Å². The van der Waals surface area contributed by atoms with Crippen molar-refractivity contribution in [2.24, 2.45) is 0 Å². The molecule has 0 atom stereocenters. The van der Waals surface area contributed by atoms with E-state index in [0.717, 1.165) is 44.2 Å². The van der Waals surface area contributed by atoms with Gasteiger partial charge in [-0.25, -0.2) is 0 Å². The van der Waals surface area contributed by atoms with Gasteiger partial charge in [-0.1, -0.05) is 62.6 Å². The van der Waals surface area contributed by atoms with Crippen molar-refractivity contribution in [2.45, 2.75) is 50.3 Å². The predicted molar refractivity (Wildman–Crippen MR) is 94.7 cm³/mol. The van der Waals surface area contributed by atoms with E-state index < -0.39 is 15.9 Å². The molecule has 0 saturated heterocycles. The average molecular weight is 386 g/mol. The summed E-state index contributed by atoms with van der Waals surface area (Å²) in [7, 11) is -4.43. The molecule has 0 saturated carbocycles. The number of hydrogen-bond donors (Lipinski definition) is 1. The predicted octanol–water partition coefficient (Wildman–Crippen LogP) is 1.32. The molecule has 0 aliphatic carbocycles. The van der Waals surface area contributed by atoms with Crippen LogP contribution in [-0.4, -0.2) is 13.0 Å². The summed E-state index contributed by atoms with van der Waals surface area (Å²) >= 11 is 0. The van der Waals surface area contributed by atoms with Gasteiger partial charge in [0, 0.05) is 5.56 Å². The van der Waals surface area contributed by atoms with Crippen LogP contribution in [-0.2, 0) is 16.5 Å². The molecule has 0 heterocycles. The molecule has 136 valence electrons. The maximum absolute atomic E-state index is 12.3. The minimum absolute atomic E-state index is 0. The van der Waals surface area contributed by atoms with E-state index >= 15 is 0 Å². The first-order chi connectivity index (χ1) is 11.9. The van der Waals surface area contributed by atoms with Gasteiger partial charge < -0.3 is 9.84 Å². The number of para-hydroxylation sites is 1. The third-order valence-corrected chi connectivity index (χ3v) is 4.89. The fraction of sp³-hybridized carbons (Fsp3) is 0.368. The van der Waals surface area contributed by atoms with E-state index in [1.807, 2.05) is 6.07 Å². The van der Waals surface area contributed by atoms with Crippen LogP contribution in [0.3, 0.4) is 0 Å². The SMILES string of the molecule is CCCCCCCc1c(S(=O)(=O)O)ccc([O-])c1Oc1ccccc1.[Na+]. The first kappa shape index (κ1) is 23.0. The largest absolute Gasteiger partial charge is 1.00 e. The van der Waals surface area contributed by atoms with Gasteiger partial charge in [-0.3, -0.25) is 4.55 Å². The van der Waals surface area contributed by atoms with Crippen molar-refractivity contribution < 1.29 is 52.4 Å². The second kappa shape index (κ2) is 10.9. The fourth-order valence-electron chi connectivity index (χ4n) is 2.69.